The summed E-state index contributed by atoms with van der Waals surface area (Å²) in [7, 11) is 0. The molecule has 6 rings (SSSR count). The van der Waals surface area contributed by atoms with E-state index in [4.69, 9.17) is 0 Å². The first-order valence-electron chi connectivity index (χ1n) is 14.1. The number of aromatic hydroxyl groups is 2. The van der Waals surface area contributed by atoms with Crippen molar-refractivity contribution in [2.75, 3.05) is 0 Å². The third-order valence-electron chi connectivity index (χ3n) is 7.09. The van der Waals surface area contributed by atoms with E-state index in [0.29, 0.717) is 6.42 Å². The predicted molar refractivity (Wildman–Crippen MR) is 172 cm³/mol. The number of rotatable bonds is 6. The second kappa shape index (κ2) is 12.8. The maximum Gasteiger partial charge on any atom is 0.131 e. The molecule has 0 unspecified atom stereocenters. The maximum absolute atomic E-state index is 11.4. The van der Waals surface area contributed by atoms with Gasteiger partial charge in [-0.1, -0.05) is 135 Å². The molecule has 0 bridgehead atoms. The lowest BCUT2D eigenvalue weighted by atomic mass is 9.89. The minimum atomic E-state index is 0.275. The summed E-state index contributed by atoms with van der Waals surface area (Å²) >= 11 is 0. The lowest BCUT2D eigenvalue weighted by Crippen LogP contribution is -1.95. The van der Waals surface area contributed by atoms with Crippen molar-refractivity contribution in [2.24, 2.45) is 0 Å². The molecule has 2 N–H and O–H groups in total. The molecule has 0 fully saturated rings. The molecule has 0 radical (unpaired) electrons. The van der Waals surface area contributed by atoms with Crippen molar-refractivity contribution in [1.29, 1.82) is 0 Å². The molecule has 0 aromatic heterocycles. The van der Waals surface area contributed by atoms with E-state index in [9.17, 15) is 10.2 Å². The Hall–Kier alpha value is -5.08. The molecule has 0 aliphatic rings. The van der Waals surface area contributed by atoms with Crippen molar-refractivity contribution in [3.63, 3.8) is 0 Å². The van der Waals surface area contributed by atoms with E-state index >= 15 is 0 Å². The fourth-order valence-corrected chi connectivity index (χ4v) is 5.18. The average Bonchev–Trinajstić information content (AvgIpc) is 3.05. The van der Waals surface area contributed by atoms with Crippen LogP contribution >= 0.6 is 0 Å². The van der Waals surface area contributed by atoms with Gasteiger partial charge in [0.15, 0.2) is 0 Å². The summed E-state index contributed by atoms with van der Waals surface area (Å²) in [5.41, 5.74) is 9.24. The first-order valence-corrected chi connectivity index (χ1v) is 14.1. The molecule has 0 aliphatic carbocycles. The van der Waals surface area contributed by atoms with Gasteiger partial charge in [-0.2, -0.15) is 0 Å². The highest BCUT2D eigenvalue weighted by atomic mass is 16.3. The fraction of sp³-hybridized carbons (Fsp3) is 0.0769. The number of hydrogen-bond acceptors (Lipinski definition) is 2. The van der Waals surface area contributed by atoms with Crippen LogP contribution in [0.4, 0.5) is 0 Å². The number of phenols is 2. The first kappa shape index (κ1) is 27.5. The van der Waals surface area contributed by atoms with Gasteiger partial charge in [-0.15, -0.1) is 0 Å². The Morgan fingerprint density at radius 1 is 0.366 bits per heavy atom. The van der Waals surface area contributed by atoms with Crippen molar-refractivity contribution in [2.45, 2.75) is 20.3 Å². The van der Waals surface area contributed by atoms with E-state index in [2.05, 4.69) is 24.3 Å². The zero-order valence-corrected chi connectivity index (χ0v) is 23.5. The van der Waals surface area contributed by atoms with Crippen LogP contribution in [0.25, 0.3) is 44.5 Å². The predicted octanol–water partition coefficient (Wildman–Crippen LogP) is 10.4. The number of hydrogen-bond donors (Lipinski definition) is 2. The molecule has 0 saturated heterocycles. The molecular formula is C39H34O2. The smallest absolute Gasteiger partial charge is 0.131 e. The van der Waals surface area contributed by atoms with Crippen LogP contribution in [0.3, 0.4) is 0 Å². The Morgan fingerprint density at radius 3 is 0.805 bits per heavy atom. The van der Waals surface area contributed by atoms with Crippen LogP contribution in [-0.4, -0.2) is 10.2 Å². The van der Waals surface area contributed by atoms with Gasteiger partial charge < -0.3 is 10.2 Å². The minimum Gasteiger partial charge on any atom is -0.507 e. The molecule has 6 aromatic carbocycles. The van der Waals surface area contributed by atoms with E-state index in [0.717, 1.165) is 55.6 Å². The van der Waals surface area contributed by atoms with Gasteiger partial charge in [0.25, 0.3) is 0 Å². The van der Waals surface area contributed by atoms with Crippen LogP contribution in [0.2, 0.25) is 0 Å². The molecule has 0 heterocycles. The monoisotopic (exact) mass is 534 g/mol. The molecule has 41 heavy (non-hydrogen) atoms. The van der Waals surface area contributed by atoms with Gasteiger partial charge in [0.2, 0.25) is 0 Å². The van der Waals surface area contributed by atoms with Gasteiger partial charge in [-0.05, 0) is 64.1 Å². The molecular weight excluding hydrogens is 500 g/mol. The largest absolute Gasteiger partial charge is 0.507 e. The fourth-order valence-electron chi connectivity index (χ4n) is 5.18. The molecule has 202 valence electrons. The van der Waals surface area contributed by atoms with Crippen LogP contribution < -0.4 is 0 Å². The van der Waals surface area contributed by atoms with Gasteiger partial charge in [-0.25, -0.2) is 0 Å². The van der Waals surface area contributed by atoms with Crippen LogP contribution in [-0.2, 0) is 6.42 Å². The van der Waals surface area contributed by atoms with Crippen LogP contribution in [0, 0.1) is 0 Å². The van der Waals surface area contributed by atoms with Crippen LogP contribution in [0.5, 0.6) is 11.5 Å². The van der Waals surface area contributed by atoms with E-state index in [1.807, 2.05) is 135 Å². The molecule has 6 aromatic rings. The molecule has 0 atom stereocenters. The van der Waals surface area contributed by atoms with Gasteiger partial charge in [0, 0.05) is 22.3 Å². The second-order valence-corrected chi connectivity index (χ2v) is 9.72. The maximum atomic E-state index is 11.4. The zero-order valence-electron chi connectivity index (χ0n) is 23.5. The van der Waals surface area contributed by atoms with Gasteiger partial charge in [0.05, 0.1) is 0 Å². The lowest BCUT2D eigenvalue weighted by molar-refractivity contribution is 0.479. The summed E-state index contributed by atoms with van der Waals surface area (Å²) in [6, 6.07) is 48.3. The summed E-state index contributed by atoms with van der Waals surface area (Å²) in [5, 5.41) is 22.8. The molecule has 2 heteroatoms. The Labute approximate surface area is 242 Å². The SMILES string of the molecule is CC.Oc1c(-c2ccccc2)cc(Cc2cc(-c3ccccc3)c(O)c(-c3ccccc3)c2)cc1-c1ccccc1. The van der Waals surface area contributed by atoms with Crippen molar-refractivity contribution < 1.29 is 10.2 Å². The molecule has 2 nitrogen and oxygen atoms in total. The van der Waals surface area contributed by atoms with Crippen molar-refractivity contribution in [3.8, 4) is 56.0 Å². The molecule has 0 saturated carbocycles. The molecule has 0 aliphatic heterocycles. The van der Waals surface area contributed by atoms with Crippen molar-refractivity contribution in [3.05, 3.63) is 157 Å². The summed E-state index contributed by atoms with van der Waals surface area (Å²) in [6.07, 6.45) is 0.639. The third kappa shape index (κ3) is 6.08. The quantitative estimate of drug-likeness (QED) is 0.223. The number of benzene rings is 6. The molecule has 0 amide bonds. The van der Waals surface area contributed by atoms with E-state index in [1.54, 1.807) is 0 Å². The zero-order chi connectivity index (χ0) is 28.6. The second-order valence-electron chi connectivity index (χ2n) is 9.72. The standard InChI is InChI=1S/C37H28O2.C2H6/c38-36-32(28-13-5-1-6-14-28)22-26(23-33(36)29-15-7-2-8-16-29)21-27-24-34(30-17-9-3-10-18-30)37(39)35(25-27)31-19-11-4-12-20-31;1-2/h1-20,22-25,38-39H,21H2;1-2H3. The summed E-state index contributed by atoms with van der Waals surface area (Å²) in [6.45, 7) is 4.00. The van der Waals surface area contributed by atoms with Crippen molar-refractivity contribution in [1.82, 2.24) is 0 Å². The average molecular weight is 535 g/mol. The molecule has 0 spiro atoms. The summed E-state index contributed by atoms with van der Waals surface area (Å²) < 4.78 is 0. The van der Waals surface area contributed by atoms with Gasteiger partial charge in [-0.3, -0.25) is 0 Å². The highest BCUT2D eigenvalue weighted by Gasteiger charge is 2.17. The van der Waals surface area contributed by atoms with Crippen LogP contribution in [0.1, 0.15) is 25.0 Å². The van der Waals surface area contributed by atoms with E-state index in [1.165, 1.54) is 0 Å². The first-order chi connectivity index (χ1) is 20.2. The Bertz CT molecular complexity index is 1460. The normalized spacial score (nSPS) is 10.5. The van der Waals surface area contributed by atoms with E-state index in [-0.39, 0.29) is 11.5 Å². The third-order valence-corrected chi connectivity index (χ3v) is 7.09. The van der Waals surface area contributed by atoms with Gasteiger partial charge in [0.1, 0.15) is 11.5 Å². The Balaban J connectivity index is 0.00000165. The highest BCUT2D eigenvalue weighted by Crippen LogP contribution is 2.42. The van der Waals surface area contributed by atoms with E-state index < -0.39 is 0 Å². The lowest BCUT2D eigenvalue weighted by Gasteiger charge is -2.16. The summed E-state index contributed by atoms with van der Waals surface area (Å²) in [5.74, 6) is 0.550. The summed E-state index contributed by atoms with van der Waals surface area (Å²) in [4.78, 5) is 0. The van der Waals surface area contributed by atoms with Crippen molar-refractivity contribution >= 4 is 0 Å². The number of phenolic OH excluding ortho intramolecular Hbond substituents is 2. The van der Waals surface area contributed by atoms with Crippen LogP contribution in [0.15, 0.2) is 146 Å². The van der Waals surface area contributed by atoms with Gasteiger partial charge >= 0.3 is 0 Å². The highest BCUT2D eigenvalue weighted by molar-refractivity contribution is 5.85. The minimum absolute atomic E-state index is 0.275. The Kier molecular flexibility index (Phi) is 8.61. The topological polar surface area (TPSA) is 40.5 Å². The Morgan fingerprint density at radius 2 is 0.585 bits per heavy atom.